The molecule has 1 aromatic carbocycles. The van der Waals surface area contributed by atoms with Gasteiger partial charge >= 0.3 is 12.0 Å². The number of hydrogen-bond donors (Lipinski definition) is 2. The summed E-state index contributed by atoms with van der Waals surface area (Å²) in [5.41, 5.74) is -0.464. The van der Waals surface area contributed by atoms with Gasteiger partial charge in [-0.1, -0.05) is 17.7 Å². The van der Waals surface area contributed by atoms with Crippen LogP contribution in [0.3, 0.4) is 0 Å². The van der Waals surface area contributed by atoms with E-state index >= 15 is 0 Å². The lowest BCUT2D eigenvalue weighted by molar-refractivity contribution is -0.127. The fourth-order valence-electron chi connectivity index (χ4n) is 1.24. The predicted octanol–water partition coefficient (Wildman–Crippen LogP) is 1.48. The molecule has 2 N–H and O–H groups in total. The number of halogens is 2. The van der Waals surface area contributed by atoms with E-state index < -0.39 is 35.4 Å². The lowest BCUT2D eigenvalue weighted by Gasteiger charge is -2.13. The maximum Gasteiger partial charge on any atom is 0.343 e. The third kappa shape index (κ3) is 3.92. The lowest BCUT2D eigenvalue weighted by Crippen LogP contribution is -2.43. The summed E-state index contributed by atoms with van der Waals surface area (Å²) in [6, 6.07) is 2.94. The number of ether oxygens (including phenoxy) is 1. The van der Waals surface area contributed by atoms with Crippen molar-refractivity contribution in [2.45, 2.75) is 13.0 Å². The molecular formula is C12H12ClFN2O4. The molecule has 0 aliphatic rings. The number of nitrogens with one attached hydrogen (secondary N) is 2. The number of rotatable bonds is 3. The molecule has 0 aliphatic carbocycles. The zero-order valence-corrected chi connectivity index (χ0v) is 11.5. The van der Waals surface area contributed by atoms with Crippen molar-refractivity contribution in [3.8, 4) is 0 Å². The average molecular weight is 303 g/mol. The Bertz CT molecular complexity index is 530. The second kappa shape index (κ2) is 6.85. The highest BCUT2D eigenvalue weighted by molar-refractivity contribution is 6.33. The molecular weight excluding hydrogens is 291 g/mol. The lowest BCUT2D eigenvalue weighted by atomic mass is 10.2. The molecule has 108 valence electrons. The summed E-state index contributed by atoms with van der Waals surface area (Å²) in [6.07, 6.45) is -1.28. The molecule has 3 amide bonds. The molecule has 0 bridgehead atoms. The van der Waals surface area contributed by atoms with Gasteiger partial charge in [-0.3, -0.25) is 10.1 Å². The Hall–Kier alpha value is -2.15. The molecule has 0 radical (unpaired) electrons. The van der Waals surface area contributed by atoms with Crippen molar-refractivity contribution in [3.05, 3.63) is 34.6 Å². The Morgan fingerprint density at radius 1 is 1.35 bits per heavy atom. The third-order valence-electron chi connectivity index (χ3n) is 2.28. The molecule has 0 aliphatic heterocycles. The van der Waals surface area contributed by atoms with Crippen molar-refractivity contribution in [2.24, 2.45) is 0 Å². The first-order valence-electron chi connectivity index (χ1n) is 5.54. The van der Waals surface area contributed by atoms with Crippen molar-refractivity contribution in [1.82, 2.24) is 10.6 Å². The minimum atomic E-state index is -1.28. The molecule has 0 aromatic heterocycles. The molecule has 1 unspecified atom stereocenters. The number of urea groups is 1. The van der Waals surface area contributed by atoms with Gasteiger partial charge in [0.15, 0.2) is 6.10 Å². The molecule has 0 saturated carbocycles. The van der Waals surface area contributed by atoms with Crippen LogP contribution in [0.15, 0.2) is 18.2 Å². The number of carbonyl (C=O) groups is 3. The van der Waals surface area contributed by atoms with Crippen molar-refractivity contribution in [2.75, 3.05) is 7.05 Å². The van der Waals surface area contributed by atoms with Crippen LogP contribution in [-0.4, -0.2) is 31.1 Å². The minimum Gasteiger partial charge on any atom is -0.449 e. The highest BCUT2D eigenvalue weighted by Crippen LogP contribution is 2.20. The van der Waals surface area contributed by atoms with Gasteiger partial charge in [-0.15, -0.1) is 0 Å². The maximum absolute atomic E-state index is 13.5. The zero-order valence-electron chi connectivity index (χ0n) is 10.7. The van der Waals surface area contributed by atoms with E-state index in [1.807, 2.05) is 5.32 Å². The normalized spacial score (nSPS) is 11.4. The molecule has 6 nitrogen and oxygen atoms in total. The van der Waals surface area contributed by atoms with Gasteiger partial charge in [0.05, 0.1) is 5.02 Å². The maximum atomic E-state index is 13.5. The standard InChI is InChI=1S/C12H12ClFN2O4/c1-6(10(17)16-12(19)15-2)20-11(18)9-7(13)4-3-5-8(9)14/h3-6H,1-2H3,(H2,15,16,17,19). The molecule has 0 spiro atoms. The summed E-state index contributed by atoms with van der Waals surface area (Å²) in [6.45, 7) is 1.24. The quantitative estimate of drug-likeness (QED) is 0.828. The van der Waals surface area contributed by atoms with Crippen molar-refractivity contribution >= 4 is 29.5 Å². The highest BCUT2D eigenvalue weighted by atomic mass is 35.5. The predicted molar refractivity (Wildman–Crippen MR) is 68.9 cm³/mol. The number of imide groups is 1. The van der Waals surface area contributed by atoms with Gasteiger partial charge in [0.1, 0.15) is 11.4 Å². The third-order valence-corrected chi connectivity index (χ3v) is 2.60. The molecule has 1 rings (SSSR count). The van der Waals surface area contributed by atoms with Gasteiger partial charge in [0.25, 0.3) is 5.91 Å². The van der Waals surface area contributed by atoms with Crippen molar-refractivity contribution in [3.63, 3.8) is 0 Å². The Labute approximate surface area is 119 Å². The topological polar surface area (TPSA) is 84.5 Å². The first-order valence-corrected chi connectivity index (χ1v) is 5.92. The molecule has 1 aromatic rings. The number of amides is 3. The number of hydrogen-bond acceptors (Lipinski definition) is 4. The van der Waals surface area contributed by atoms with Gasteiger partial charge in [0.2, 0.25) is 0 Å². The Kier molecular flexibility index (Phi) is 5.45. The molecule has 0 saturated heterocycles. The highest BCUT2D eigenvalue weighted by Gasteiger charge is 2.23. The number of carbonyl (C=O) groups excluding carboxylic acids is 3. The van der Waals surface area contributed by atoms with E-state index in [1.165, 1.54) is 26.1 Å². The fraction of sp³-hybridized carbons (Fsp3) is 0.250. The van der Waals surface area contributed by atoms with E-state index in [-0.39, 0.29) is 5.02 Å². The largest absolute Gasteiger partial charge is 0.449 e. The molecule has 0 heterocycles. The van der Waals surface area contributed by atoms with E-state index in [4.69, 9.17) is 16.3 Å². The molecule has 0 fully saturated rings. The smallest absolute Gasteiger partial charge is 0.343 e. The van der Waals surface area contributed by atoms with Gasteiger partial charge in [-0.05, 0) is 19.1 Å². The second-order valence-electron chi connectivity index (χ2n) is 3.71. The Balaban J connectivity index is 2.75. The van der Waals surface area contributed by atoms with Crippen LogP contribution >= 0.6 is 11.6 Å². The summed E-state index contributed by atoms with van der Waals surface area (Å²) >= 11 is 5.69. The van der Waals surface area contributed by atoms with Crippen molar-refractivity contribution < 1.29 is 23.5 Å². The summed E-state index contributed by atoms with van der Waals surface area (Å²) in [5.74, 6) is -2.79. The zero-order chi connectivity index (χ0) is 15.3. The van der Waals surface area contributed by atoms with Gasteiger partial charge < -0.3 is 10.1 Å². The van der Waals surface area contributed by atoms with Crippen molar-refractivity contribution in [1.29, 1.82) is 0 Å². The van der Waals surface area contributed by atoms with Crippen LogP contribution in [0.4, 0.5) is 9.18 Å². The van der Waals surface area contributed by atoms with Crippen LogP contribution in [0, 0.1) is 5.82 Å². The van der Waals surface area contributed by atoms with Gasteiger partial charge in [0, 0.05) is 7.05 Å². The number of benzene rings is 1. The minimum absolute atomic E-state index is 0.131. The van der Waals surface area contributed by atoms with Crippen LogP contribution in [-0.2, 0) is 9.53 Å². The van der Waals surface area contributed by atoms with E-state index in [0.717, 1.165) is 6.07 Å². The number of esters is 1. The van der Waals surface area contributed by atoms with Gasteiger partial charge in [-0.2, -0.15) is 0 Å². The first kappa shape index (κ1) is 15.9. The first-order chi connectivity index (χ1) is 9.36. The van der Waals surface area contributed by atoms with Crippen LogP contribution < -0.4 is 10.6 Å². The second-order valence-corrected chi connectivity index (χ2v) is 4.12. The van der Waals surface area contributed by atoms with Crippen LogP contribution in [0.2, 0.25) is 5.02 Å². The monoisotopic (exact) mass is 302 g/mol. The summed E-state index contributed by atoms with van der Waals surface area (Å²) in [5, 5.41) is 3.95. The van der Waals surface area contributed by atoms with Crippen LogP contribution in [0.1, 0.15) is 17.3 Å². The summed E-state index contributed by atoms with van der Waals surface area (Å²) < 4.78 is 18.2. The average Bonchev–Trinajstić information content (AvgIpc) is 2.38. The van der Waals surface area contributed by atoms with E-state index in [2.05, 4.69) is 5.32 Å². The van der Waals surface area contributed by atoms with E-state index in [1.54, 1.807) is 0 Å². The van der Waals surface area contributed by atoms with E-state index in [0.29, 0.717) is 0 Å². The van der Waals surface area contributed by atoms with E-state index in [9.17, 15) is 18.8 Å². The Morgan fingerprint density at radius 2 is 2.00 bits per heavy atom. The van der Waals surface area contributed by atoms with Gasteiger partial charge in [-0.25, -0.2) is 14.0 Å². The molecule has 20 heavy (non-hydrogen) atoms. The Morgan fingerprint density at radius 3 is 2.55 bits per heavy atom. The molecule has 8 heteroatoms. The SMILES string of the molecule is CNC(=O)NC(=O)C(C)OC(=O)c1c(F)cccc1Cl. The summed E-state index contributed by atoms with van der Waals surface area (Å²) in [7, 11) is 1.32. The molecule has 1 atom stereocenters. The van der Waals surface area contributed by atoms with Crippen LogP contribution in [0.5, 0.6) is 0 Å². The fourth-order valence-corrected chi connectivity index (χ4v) is 1.48. The summed E-state index contributed by atoms with van der Waals surface area (Å²) in [4.78, 5) is 34.1. The van der Waals surface area contributed by atoms with Crippen LogP contribution in [0.25, 0.3) is 0 Å².